The minimum atomic E-state index is -0.523. The summed E-state index contributed by atoms with van der Waals surface area (Å²) >= 11 is 0. The van der Waals surface area contributed by atoms with E-state index in [2.05, 4.69) is 5.32 Å². The van der Waals surface area contributed by atoms with Crippen molar-refractivity contribution in [1.29, 1.82) is 0 Å². The SMILES string of the molecule is C[C@H](NC(=O)C[C@H](c1cccc(F)c1)c1cn(Cc2ccccc2)c2ccc([N+](=O)[O-])cc12)c1ccccc1. The number of amides is 1. The van der Waals surface area contributed by atoms with Crippen molar-refractivity contribution in [2.24, 2.45) is 0 Å². The number of hydrogen-bond donors (Lipinski definition) is 1. The van der Waals surface area contributed by atoms with Gasteiger partial charge in [-0.05, 0) is 47.4 Å². The Hall–Kier alpha value is -4.78. The Bertz CT molecular complexity index is 1620. The topological polar surface area (TPSA) is 77.2 Å². The molecule has 5 aromatic rings. The van der Waals surface area contributed by atoms with Crippen LogP contribution in [0.15, 0.2) is 109 Å². The van der Waals surface area contributed by atoms with Gasteiger partial charge < -0.3 is 9.88 Å². The number of aromatic nitrogens is 1. The van der Waals surface area contributed by atoms with E-state index in [0.717, 1.165) is 22.2 Å². The molecule has 0 radical (unpaired) electrons. The zero-order valence-corrected chi connectivity index (χ0v) is 21.5. The average molecular weight is 522 g/mol. The number of hydrogen-bond acceptors (Lipinski definition) is 3. The summed E-state index contributed by atoms with van der Waals surface area (Å²) in [7, 11) is 0. The first kappa shape index (κ1) is 25.9. The Morgan fingerprint density at radius 1 is 0.923 bits per heavy atom. The maximum absolute atomic E-state index is 14.4. The molecule has 5 rings (SSSR count). The van der Waals surface area contributed by atoms with E-state index in [1.54, 1.807) is 24.3 Å². The van der Waals surface area contributed by atoms with Crippen LogP contribution in [0.4, 0.5) is 10.1 Å². The quantitative estimate of drug-likeness (QED) is 0.165. The molecule has 0 spiro atoms. The summed E-state index contributed by atoms with van der Waals surface area (Å²) in [4.78, 5) is 24.6. The van der Waals surface area contributed by atoms with E-state index in [4.69, 9.17) is 0 Å². The molecule has 1 heterocycles. The van der Waals surface area contributed by atoms with Crippen molar-refractivity contribution in [2.45, 2.75) is 31.8 Å². The lowest BCUT2D eigenvalue weighted by molar-refractivity contribution is -0.384. The van der Waals surface area contributed by atoms with Crippen molar-refractivity contribution in [1.82, 2.24) is 9.88 Å². The maximum atomic E-state index is 14.4. The lowest BCUT2D eigenvalue weighted by Gasteiger charge is -2.20. The van der Waals surface area contributed by atoms with Gasteiger partial charge in [0.25, 0.3) is 5.69 Å². The second kappa shape index (κ2) is 11.3. The van der Waals surface area contributed by atoms with Crippen LogP contribution in [-0.4, -0.2) is 15.4 Å². The molecule has 0 unspecified atom stereocenters. The molecule has 39 heavy (non-hydrogen) atoms. The number of carbonyl (C=O) groups is 1. The van der Waals surface area contributed by atoms with E-state index >= 15 is 0 Å². The largest absolute Gasteiger partial charge is 0.350 e. The van der Waals surface area contributed by atoms with Gasteiger partial charge in [-0.1, -0.05) is 72.8 Å². The number of nitrogens with zero attached hydrogens (tertiary/aromatic N) is 2. The Morgan fingerprint density at radius 3 is 2.31 bits per heavy atom. The van der Waals surface area contributed by atoms with E-state index in [1.807, 2.05) is 78.4 Å². The molecule has 7 heteroatoms. The molecular formula is C32H28FN3O3. The maximum Gasteiger partial charge on any atom is 0.270 e. The van der Waals surface area contributed by atoms with Crippen molar-refractivity contribution in [3.05, 3.63) is 148 Å². The van der Waals surface area contributed by atoms with Gasteiger partial charge in [0.15, 0.2) is 0 Å². The van der Waals surface area contributed by atoms with Crippen LogP contribution in [0.1, 0.15) is 47.6 Å². The molecule has 0 fully saturated rings. The van der Waals surface area contributed by atoms with Crippen molar-refractivity contribution < 1.29 is 14.1 Å². The molecule has 0 saturated heterocycles. The van der Waals surface area contributed by atoms with Crippen molar-refractivity contribution in [3.63, 3.8) is 0 Å². The van der Waals surface area contributed by atoms with Crippen LogP contribution < -0.4 is 5.32 Å². The Morgan fingerprint density at radius 2 is 1.62 bits per heavy atom. The van der Waals surface area contributed by atoms with E-state index in [0.29, 0.717) is 17.5 Å². The summed E-state index contributed by atoms with van der Waals surface area (Å²) in [6, 6.07) is 30.3. The smallest absolute Gasteiger partial charge is 0.270 e. The number of rotatable bonds is 9. The molecule has 196 valence electrons. The summed E-state index contributed by atoms with van der Waals surface area (Å²) in [6.45, 7) is 2.46. The fourth-order valence-electron chi connectivity index (χ4n) is 5.06. The third kappa shape index (κ3) is 5.88. The number of halogens is 1. The summed E-state index contributed by atoms with van der Waals surface area (Å²) in [5.41, 5.74) is 4.17. The fourth-order valence-corrected chi connectivity index (χ4v) is 5.06. The monoisotopic (exact) mass is 521 g/mol. The molecule has 1 N–H and O–H groups in total. The summed E-state index contributed by atoms with van der Waals surface area (Å²) in [5, 5.41) is 15.4. The minimum Gasteiger partial charge on any atom is -0.350 e. The fraction of sp³-hybridized carbons (Fsp3) is 0.156. The van der Waals surface area contributed by atoms with Gasteiger partial charge in [-0.2, -0.15) is 0 Å². The van der Waals surface area contributed by atoms with Gasteiger partial charge >= 0.3 is 0 Å². The minimum absolute atomic E-state index is 0.0404. The number of nitro groups is 1. The van der Waals surface area contributed by atoms with E-state index in [1.165, 1.54) is 18.2 Å². The van der Waals surface area contributed by atoms with Crippen LogP contribution in [0.2, 0.25) is 0 Å². The van der Waals surface area contributed by atoms with Crippen LogP contribution in [0.5, 0.6) is 0 Å². The van der Waals surface area contributed by atoms with Crippen molar-refractivity contribution in [3.8, 4) is 0 Å². The van der Waals surface area contributed by atoms with Crippen LogP contribution in [0.3, 0.4) is 0 Å². The Labute approximate surface area is 225 Å². The first-order chi connectivity index (χ1) is 18.9. The van der Waals surface area contributed by atoms with Crippen LogP contribution in [0, 0.1) is 15.9 Å². The van der Waals surface area contributed by atoms with Crippen LogP contribution in [-0.2, 0) is 11.3 Å². The lowest BCUT2D eigenvalue weighted by atomic mass is 9.87. The predicted molar refractivity (Wildman–Crippen MR) is 150 cm³/mol. The number of carbonyl (C=O) groups excluding carboxylic acids is 1. The average Bonchev–Trinajstić information content (AvgIpc) is 3.29. The first-order valence-corrected chi connectivity index (χ1v) is 12.8. The lowest BCUT2D eigenvalue weighted by Crippen LogP contribution is -2.28. The molecule has 0 aliphatic heterocycles. The normalized spacial score (nSPS) is 12.7. The summed E-state index contributed by atoms with van der Waals surface area (Å²) in [6.07, 6.45) is 1.98. The predicted octanol–water partition coefficient (Wildman–Crippen LogP) is 7.14. The Balaban J connectivity index is 1.58. The molecule has 6 nitrogen and oxygen atoms in total. The van der Waals surface area contributed by atoms with Crippen molar-refractivity contribution in [2.75, 3.05) is 0 Å². The van der Waals surface area contributed by atoms with Gasteiger partial charge in [-0.25, -0.2) is 4.39 Å². The molecule has 1 amide bonds. The van der Waals surface area contributed by atoms with Gasteiger partial charge in [-0.15, -0.1) is 0 Å². The zero-order chi connectivity index (χ0) is 27.4. The van der Waals surface area contributed by atoms with E-state index < -0.39 is 16.7 Å². The van der Waals surface area contributed by atoms with Gasteiger partial charge in [-0.3, -0.25) is 14.9 Å². The third-order valence-corrected chi connectivity index (χ3v) is 7.00. The van der Waals surface area contributed by atoms with Gasteiger partial charge in [0, 0.05) is 48.1 Å². The molecule has 4 aromatic carbocycles. The number of nitro benzene ring substituents is 1. The second-order valence-corrected chi connectivity index (χ2v) is 9.67. The van der Waals surface area contributed by atoms with Gasteiger partial charge in [0.05, 0.1) is 11.0 Å². The summed E-state index contributed by atoms with van der Waals surface area (Å²) < 4.78 is 16.4. The summed E-state index contributed by atoms with van der Waals surface area (Å²) in [5.74, 6) is -1.13. The third-order valence-electron chi connectivity index (χ3n) is 7.00. The zero-order valence-electron chi connectivity index (χ0n) is 21.5. The highest BCUT2D eigenvalue weighted by Crippen LogP contribution is 2.37. The van der Waals surface area contributed by atoms with E-state index in [9.17, 15) is 19.3 Å². The molecule has 1 aromatic heterocycles. The molecule has 0 aliphatic carbocycles. The molecular weight excluding hydrogens is 493 g/mol. The second-order valence-electron chi connectivity index (χ2n) is 9.67. The van der Waals surface area contributed by atoms with Gasteiger partial charge in [0.2, 0.25) is 5.91 Å². The van der Waals surface area contributed by atoms with Crippen molar-refractivity contribution >= 4 is 22.5 Å². The highest BCUT2D eigenvalue weighted by molar-refractivity contribution is 5.88. The highest BCUT2D eigenvalue weighted by atomic mass is 19.1. The first-order valence-electron chi connectivity index (χ1n) is 12.8. The molecule has 0 aliphatic rings. The van der Waals surface area contributed by atoms with Gasteiger partial charge in [0.1, 0.15) is 5.82 Å². The highest BCUT2D eigenvalue weighted by Gasteiger charge is 2.25. The number of fused-ring (bicyclic) bond motifs is 1. The molecule has 2 atom stereocenters. The van der Waals surface area contributed by atoms with Crippen LogP contribution >= 0.6 is 0 Å². The van der Waals surface area contributed by atoms with Crippen LogP contribution in [0.25, 0.3) is 10.9 Å². The molecule has 0 bridgehead atoms. The standard InChI is InChI=1S/C32H28FN3O3/c1-22(24-11-6-3-7-12-24)34-32(37)19-28(25-13-8-14-26(33)17-25)30-21-35(20-23-9-4-2-5-10-23)31-16-15-27(36(38)39)18-29(30)31/h2-18,21-22,28H,19-20H2,1H3,(H,34,37)/t22-,28+/m0/s1. The number of benzene rings is 4. The van der Waals surface area contributed by atoms with E-state index in [-0.39, 0.29) is 24.1 Å². The Kier molecular flexibility index (Phi) is 7.50. The number of non-ortho nitro benzene ring substituents is 1. The molecule has 0 saturated carbocycles. The number of nitrogens with one attached hydrogen (secondary N) is 1.